The topological polar surface area (TPSA) is 34.1 Å². The Bertz CT molecular complexity index is 455. The molecule has 1 aromatic rings. The fourth-order valence-corrected chi connectivity index (χ4v) is 3.02. The zero-order chi connectivity index (χ0) is 12.1. The van der Waals surface area contributed by atoms with Gasteiger partial charge in [-0.2, -0.15) is 0 Å². The van der Waals surface area contributed by atoms with Crippen LogP contribution in [0.25, 0.3) is 0 Å². The van der Waals surface area contributed by atoms with Crippen molar-refractivity contribution in [3.8, 4) is 0 Å². The third-order valence-electron chi connectivity index (χ3n) is 1.87. The second kappa shape index (κ2) is 6.37. The normalized spacial score (nSPS) is 13.6. The molecule has 0 saturated heterocycles. The van der Waals surface area contributed by atoms with Crippen molar-refractivity contribution in [2.75, 3.05) is 12.5 Å². The number of benzene rings is 1. The predicted molar refractivity (Wildman–Crippen MR) is 74.1 cm³/mol. The van der Waals surface area contributed by atoms with Gasteiger partial charge in [-0.25, -0.2) is 0 Å². The molecule has 16 heavy (non-hydrogen) atoms. The molecule has 86 valence electrons. The highest BCUT2D eigenvalue weighted by Gasteiger charge is 2.09. The van der Waals surface area contributed by atoms with Crippen LogP contribution in [0.5, 0.6) is 0 Å². The fraction of sp³-hybridized carbons (Fsp3) is 0.182. The van der Waals surface area contributed by atoms with Crippen molar-refractivity contribution in [3.63, 3.8) is 0 Å². The van der Waals surface area contributed by atoms with E-state index in [0.29, 0.717) is 9.80 Å². The van der Waals surface area contributed by atoms with Gasteiger partial charge in [0, 0.05) is 22.4 Å². The first-order valence-corrected chi connectivity index (χ1v) is 8.02. The second-order valence-electron chi connectivity index (χ2n) is 2.97. The van der Waals surface area contributed by atoms with Gasteiger partial charge in [-0.3, -0.25) is 9.00 Å². The maximum absolute atomic E-state index is 11.9. The molecule has 1 aromatic carbocycles. The van der Waals surface area contributed by atoms with Gasteiger partial charge >= 0.3 is 0 Å². The van der Waals surface area contributed by atoms with Crippen LogP contribution in [0.1, 0.15) is 10.4 Å². The van der Waals surface area contributed by atoms with Gasteiger partial charge in [0.1, 0.15) is 0 Å². The average Bonchev–Trinajstić information content (AvgIpc) is 2.25. The molecule has 0 amide bonds. The largest absolute Gasteiger partial charge is 0.289 e. The molecule has 1 unspecified atom stereocenters. The Hall–Kier alpha value is -0.390. The second-order valence-corrected chi connectivity index (χ2v) is 6.27. The first-order valence-electron chi connectivity index (χ1n) is 4.44. The number of hydrogen-bond acceptors (Lipinski definition) is 3. The van der Waals surface area contributed by atoms with Crippen molar-refractivity contribution in [2.24, 2.45) is 0 Å². The summed E-state index contributed by atoms with van der Waals surface area (Å²) in [5.41, 5.74) is 0.583. The molecule has 2 nitrogen and oxygen atoms in total. The van der Waals surface area contributed by atoms with Crippen molar-refractivity contribution in [3.05, 3.63) is 44.6 Å². The Morgan fingerprint density at radius 1 is 1.44 bits per heavy atom. The molecule has 0 heterocycles. The first-order chi connectivity index (χ1) is 7.56. The molecule has 0 bridgehead atoms. The van der Waals surface area contributed by atoms with E-state index in [2.05, 4.69) is 15.9 Å². The van der Waals surface area contributed by atoms with Gasteiger partial charge in [0.2, 0.25) is 0 Å². The lowest BCUT2D eigenvalue weighted by Gasteiger charge is -2.01. The molecule has 0 fully saturated rings. The number of carbonyl (C=O) groups excluding carboxylic acids is 1. The molecule has 0 radical (unpaired) electrons. The molecule has 0 aliphatic rings. The van der Waals surface area contributed by atoms with E-state index in [9.17, 15) is 9.00 Å². The quantitative estimate of drug-likeness (QED) is 0.631. The summed E-state index contributed by atoms with van der Waals surface area (Å²) >= 11 is 4.64. The highest BCUT2D eigenvalue weighted by molar-refractivity contribution is 9.10. The van der Waals surface area contributed by atoms with E-state index in [1.54, 1.807) is 24.6 Å². The zero-order valence-electron chi connectivity index (χ0n) is 8.90. The molecule has 0 aromatic heterocycles. The van der Waals surface area contributed by atoms with Crippen LogP contribution in [0, 0.1) is 0 Å². The van der Waals surface area contributed by atoms with Crippen molar-refractivity contribution in [2.45, 2.75) is 0 Å². The molecule has 0 N–H and O–H groups in total. The van der Waals surface area contributed by atoms with Crippen LogP contribution in [0.15, 0.2) is 39.1 Å². The van der Waals surface area contributed by atoms with Gasteiger partial charge in [0.25, 0.3) is 0 Å². The van der Waals surface area contributed by atoms with Crippen molar-refractivity contribution >= 4 is 44.3 Å². The lowest BCUT2D eigenvalue weighted by atomic mass is 10.1. The highest BCUT2D eigenvalue weighted by atomic mass is 79.9. The minimum absolute atomic E-state index is 0.132. The summed E-state index contributed by atoms with van der Waals surface area (Å²) in [5.74, 6) is -0.132. The Labute approximate surface area is 110 Å². The minimum atomic E-state index is -1.12. The summed E-state index contributed by atoms with van der Waals surface area (Å²) in [5, 5.41) is 0. The summed E-state index contributed by atoms with van der Waals surface area (Å²) in [6, 6.07) is 7.19. The van der Waals surface area contributed by atoms with Crippen molar-refractivity contribution in [1.82, 2.24) is 0 Å². The standard InChI is InChI=1S/C11H11BrO2S2/c1-15-11(16(2)14)7-10(13)8-5-3-4-6-9(8)12/h3-7H,1-2H3/b11-7+. The summed E-state index contributed by atoms with van der Waals surface area (Å²) in [6.07, 6.45) is 4.80. The number of carbonyl (C=O) groups is 1. The number of hydrogen-bond donors (Lipinski definition) is 0. The molecule has 1 atom stereocenters. The summed E-state index contributed by atoms with van der Waals surface area (Å²) in [6.45, 7) is 0. The monoisotopic (exact) mass is 318 g/mol. The van der Waals surface area contributed by atoms with Gasteiger partial charge in [-0.15, -0.1) is 11.8 Å². The zero-order valence-corrected chi connectivity index (χ0v) is 12.1. The van der Waals surface area contributed by atoms with Gasteiger partial charge < -0.3 is 0 Å². The third kappa shape index (κ3) is 3.57. The number of rotatable bonds is 4. The van der Waals surface area contributed by atoms with Crippen LogP contribution in [0.3, 0.4) is 0 Å². The van der Waals surface area contributed by atoms with E-state index in [1.165, 1.54) is 17.8 Å². The van der Waals surface area contributed by atoms with Crippen LogP contribution < -0.4 is 0 Å². The van der Waals surface area contributed by atoms with Gasteiger partial charge in [-0.05, 0) is 18.4 Å². The van der Waals surface area contributed by atoms with Gasteiger partial charge in [0.15, 0.2) is 5.78 Å². The van der Waals surface area contributed by atoms with Gasteiger partial charge in [0.05, 0.1) is 15.0 Å². The van der Waals surface area contributed by atoms with Gasteiger partial charge in [-0.1, -0.05) is 28.1 Å². The fourth-order valence-electron chi connectivity index (χ4n) is 1.11. The Kier molecular flexibility index (Phi) is 5.44. The lowest BCUT2D eigenvalue weighted by Crippen LogP contribution is -1.98. The van der Waals surface area contributed by atoms with Crippen LogP contribution in [0.2, 0.25) is 0 Å². The molecular weight excluding hydrogens is 308 g/mol. The summed E-state index contributed by atoms with van der Waals surface area (Å²) < 4.78 is 12.6. The van der Waals surface area contributed by atoms with E-state index >= 15 is 0 Å². The highest BCUT2D eigenvalue weighted by Crippen LogP contribution is 2.20. The van der Waals surface area contributed by atoms with Crippen LogP contribution >= 0.6 is 27.7 Å². The molecule has 0 saturated carbocycles. The Balaban J connectivity index is 3.04. The molecule has 0 aliphatic heterocycles. The average molecular weight is 319 g/mol. The molecule has 5 heteroatoms. The number of allylic oxidation sites excluding steroid dienone is 1. The minimum Gasteiger partial charge on any atom is -0.289 e. The van der Waals surface area contributed by atoms with Crippen LogP contribution in [-0.2, 0) is 10.8 Å². The first kappa shape index (κ1) is 13.7. The van der Waals surface area contributed by atoms with Crippen molar-refractivity contribution in [1.29, 1.82) is 0 Å². The van der Waals surface area contributed by atoms with E-state index in [1.807, 2.05) is 12.1 Å². The maximum Gasteiger partial charge on any atom is 0.188 e. The number of halogens is 1. The SMILES string of the molecule is CS/C(=C\C(=O)c1ccccc1Br)S(C)=O. The summed E-state index contributed by atoms with van der Waals surface area (Å²) in [7, 11) is -1.12. The van der Waals surface area contributed by atoms with E-state index < -0.39 is 10.8 Å². The van der Waals surface area contributed by atoms with E-state index in [0.717, 1.165) is 4.47 Å². The van der Waals surface area contributed by atoms with E-state index in [-0.39, 0.29) is 5.78 Å². The molecule has 0 aliphatic carbocycles. The Morgan fingerprint density at radius 3 is 2.56 bits per heavy atom. The summed E-state index contributed by atoms with van der Waals surface area (Å²) in [4.78, 5) is 11.9. The van der Waals surface area contributed by atoms with Crippen molar-refractivity contribution < 1.29 is 9.00 Å². The molecule has 0 spiro atoms. The van der Waals surface area contributed by atoms with E-state index in [4.69, 9.17) is 0 Å². The predicted octanol–water partition coefficient (Wildman–Crippen LogP) is 3.21. The lowest BCUT2D eigenvalue weighted by molar-refractivity contribution is 0.104. The van der Waals surface area contributed by atoms with Crippen LogP contribution in [0.4, 0.5) is 0 Å². The number of ketones is 1. The molecular formula is C11H11BrO2S2. The molecule has 1 rings (SSSR count). The van der Waals surface area contributed by atoms with Crippen LogP contribution in [-0.4, -0.2) is 22.5 Å². The smallest absolute Gasteiger partial charge is 0.188 e. The number of thioether (sulfide) groups is 1. The maximum atomic E-state index is 11.9. The Morgan fingerprint density at radius 2 is 2.06 bits per heavy atom. The third-order valence-corrected chi connectivity index (χ3v) is 4.97.